The summed E-state index contributed by atoms with van der Waals surface area (Å²) in [4.78, 5) is 11.2. The Bertz CT molecular complexity index is 383. The summed E-state index contributed by atoms with van der Waals surface area (Å²) in [5.74, 6) is 3.16. The van der Waals surface area contributed by atoms with Crippen LogP contribution < -0.4 is 4.90 Å². The third-order valence-electron chi connectivity index (χ3n) is 3.29. The quantitative estimate of drug-likeness (QED) is 0.718. The molecule has 1 saturated carbocycles. The Balaban J connectivity index is 1.87. The molecule has 0 radical (unpaired) electrons. The number of piperidine rings is 1. The molecular weight excluding hydrogens is 210 g/mol. The smallest absolute Gasteiger partial charge is 0.225 e. The average molecular weight is 224 g/mol. The lowest BCUT2D eigenvalue weighted by atomic mass is 10.3. The molecule has 0 bridgehead atoms. The fraction of sp³-hybridized carbons (Fsp3) is 0.636. The second-order valence-electron chi connectivity index (χ2n) is 4.60. The number of alkyl halides is 1. The normalized spacial score (nSPS) is 28.0. The Kier molecular flexibility index (Phi) is 2.09. The Labute approximate surface area is 94.5 Å². The molecule has 1 aliphatic carbocycles. The highest BCUT2D eigenvalue weighted by molar-refractivity contribution is 6.16. The van der Waals surface area contributed by atoms with Gasteiger partial charge < -0.3 is 4.90 Å². The van der Waals surface area contributed by atoms with Gasteiger partial charge in [0, 0.05) is 18.8 Å². The highest BCUT2D eigenvalue weighted by Gasteiger charge is 2.45. The highest BCUT2D eigenvalue weighted by atomic mass is 35.5. The highest BCUT2D eigenvalue weighted by Crippen LogP contribution is 2.45. The lowest BCUT2D eigenvalue weighted by Gasteiger charge is -2.18. The Morgan fingerprint density at radius 3 is 2.80 bits per heavy atom. The van der Waals surface area contributed by atoms with Gasteiger partial charge in [-0.1, -0.05) is 0 Å². The summed E-state index contributed by atoms with van der Waals surface area (Å²) in [5.41, 5.74) is 1.94. The molecule has 1 aromatic rings. The predicted molar refractivity (Wildman–Crippen MR) is 60.1 cm³/mol. The van der Waals surface area contributed by atoms with Crippen LogP contribution >= 0.6 is 11.6 Å². The fourth-order valence-corrected chi connectivity index (χ4v) is 2.53. The van der Waals surface area contributed by atoms with E-state index in [1.807, 2.05) is 13.0 Å². The van der Waals surface area contributed by atoms with Gasteiger partial charge in [-0.05, 0) is 31.2 Å². The summed E-state index contributed by atoms with van der Waals surface area (Å²) in [6.07, 6.45) is 1.41. The van der Waals surface area contributed by atoms with Crippen molar-refractivity contribution in [2.75, 3.05) is 18.0 Å². The third kappa shape index (κ3) is 1.69. The summed E-state index contributed by atoms with van der Waals surface area (Å²) in [6, 6.07) is 1.95. The van der Waals surface area contributed by atoms with Gasteiger partial charge in [0.25, 0.3) is 0 Å². The van der Waals surface area contributed by atoms with E-state index in [0.717, 1.165) is 42.3 Å². The minimum Gasteiger partial charge on any atom is -0.340 e. The lowest BCUT2D eigenvalue weighted by molar-refractivity contribution is 0.779. The minimum absolute atomic E-state index is 0.469. The van der Waals surface area contributed by atoms with E-state index >= 15 is 0 Å². The van der Waals surface area contributed by atoms with Crippen LogP contribution in [-0.4, -0.2) is 23.1 Å². The van der Waals surface area contributed by atoms with Crippen LogP contribution in [0.2, 0.25) is 0 Å². The first-order valence-electron chi connectivity index (χ1n) is 5.41. The summed E-state index contributed by atoms with van der Waals surface area (Å²) in [6.45, 7) is 4.27. The van der Waals surface area contributed by atoms with Crippen molar-refractivity contribution >= 4 is 17.5 Å². The SMILES string of the molecule is Cc1cc(CCl)nc(N2CC3CC3C2)n1. The summed E-state index contributed by atoms with van der Waals surface area (Å²) in [5, 5.41) is 0. The first-order chi connectivity index (χ1) is 7.26. The van der Waals surface area contributed by atoms with Gasteiger partial charge in [0.2, 0.25) is 5.95 Å². The number of hydrogen-bond acceptors (Lipinski definition) is 3. The minimum atomic E-state index is 0.469. The third-order valence-corrected chi connectivity index (χ3v) is 3.57. The number of fused-ring (bicyclic) bond motifs is 1. The monoisotopic (exact) mass is 223 g/mol. The molecule has 80 valence electrons. The van der Waals surface area contributed by atoms with E-state index in [4.69, 9.17) is 11.6 Å². The van der Waals surface area contributed by atoms with Crippen LogP contribution in [0.15, 0.2) is 6.07 Å². The first-order valence-corrected chi connectivity index (χ1v) is 5.95. The molecule has 0 spiro atoms. The maximum Gasteiger partial charge on any atom is 0.225 e. The molecule has 0 aromatic carbocycles. The van der Waals surface area contributed by atoms with Crippen molar-refractivity contribution in [3.8, 4) is 0 Å². The molecular formula is C11H14ClN3. The summed E-state index contributed by atoms with van der Waals surface area (Å²) in [7, 11) is 0. The molecule has 1 aromatic heterocycles. The summed E-state index contributed by atoms with van der Waals surface area (Å²) >= 11 is 5.81. The Hall–Kier alpha value is -0.830. The van der Waals surface area contributed by atoms with Crippen LogP contribution in [-0.2, 0) is 5.88 Å². The van der Waals surface area contributed by atoms with Crippen LogP contribution in [0.4, 0.5) is 5.95 Å². The molecule has 4 heteroatoms. The van der Waals surface area contributed by atoms with E-state index < -0.39 is 0 Å². The predicted octanol–water partition coefficient (Wildman–Crippen LogP) is 1.98. The van der Waals surface area contributed by atoms with Gasteiger partial charge in [-0.15, -0.1) is 11.6 Å². The van der Waals surface area contributed by atoms with Crippen LogP contribution in [0, 0.1) is 18.8 Å². The van der Waals surface area contributed by atoms with E-state index in [0.29, 0.717) is 5.88 Å². The van der Waals surface area contributed by atoms with Crippen molar-refractivity contribution in [1.82, 2.24) is 9.97 Å². The zero-order valence-electron chi connectivity index (χ0n) is 8.78. The second-order valence-corrected chi connectivity index (χ2v) is 4.86. The van der Waals surface area contributed by atoms with Gasteiger partial charge in [-0.25, -0.2) is 9.97 Å². The van der Waals surface area contributed by atoms with E-state index in [2.05, 4.69) is 14.9 Å². The molecule has 1 saturated heterocycles. The van der Waals surface area contributed by atoms with E-state index in [1.54, 1.807) is 0 Å². The number of nitrogens with zero attached hydrogens (tertiary/aromatic N) is 3. The molecule has 0 N–H and O–H groups in total. The molecule has 2 heterocycles. The van der Waals surface area contributed by atoms with Crippen LogP contribution in [0.1, 0.15) is 17.8 Å². The van der Waals surface area contributed by atoms with Crippen LogP contribution in [0.25, 0.3) is 0 Å². The molecule has 2 unspecified atom stereocenters. The van der Waals surface area contributed by atoms with Crippen molar-refractivity contribution in [1.29, 1.82) is 0 Å². The number of rotatable bonds is 2. The molecule has 0 amide bonds. The molecule has 2 fully saturated rings. The molecule has 15 heavy (non-hydrogen) atoms. The zero-order chi connectivity index (χ0) is 10.4. The topological polar surface area (TPSA) is 29.0 Å². The van der Waals surface area contributed by atoms with Gasteiger partial charge >= 0.3 is 0 Å². The number of aryl methyl sites for hydroxylation is 1. The number of halogens is 1. The number of hydrogen-bond donors (Lipinski definition) is 0. The largest absolute Gasteiger partial charge is 0.340 e. The second kappa shape index (κ2) is 3.34. The Morgan fingerprint density at radius 2 is 2.13 bits per heavy atom. The molecule has 2 atom stereocenters. The van der Waals surface area contributed by atoms with Gasteiger partial charge in [0.15, 0.2) is 0 Å². The van der Waals surface area contributed by atoms with Crippen molar-refractivity contribution in [3.63, 3.8) is 0 Å². The standard InChI is InChI=1S/C11H14ClN3/c1-7-2-10(4-12)14-11(13-7)15-5-8-3-9(8)6-15/h2,8-9H,3-6H2,1H3. The van der Waals surface area contributed by atoms with E-state index in [9.17, 15) is 0 Å². The summed E-state index contributed by atoms with van der Waals surface area (Å²) < 4.78 is 0. The van der Waals surface area contributed by atoms with Crippen molar-refractivity contribution in [3.05, 3.63) is 17.5 Å². The van der Waals surface area contributed by atoms with Crippen molar-refractivity contribution in [2.24, 2.45) is 11.8 Å². The fourth-order valence-electron chi connectivity index (χ4n) is 2.39. The lowest BCUT2D eigenvalue weighted by Crippen LogP contribution is -2.24. The Morgan fingerprint density at radius 1 is 1.40 bits per heavy atom. The van der Waals surface area contributed by atoms with Gasteiger partial charge in [-0.2, -0.15) is 0 Å². The molecule has 1 aliphatic heterocycles. The van der Waals surface area contributed by atoms with Gasteiger partial charge in [0.1, 0.15) is 0 Å². The average Bonchev–Trinajstić information content (AvgIpc) is 2.85. The molecule has 3 nitrogen and oxygen atoms in total. The van der Waals surface area contributed by atoms with Crippen molar-refractivity contribution < 1.29 is 0 Å². The first kappa shape index (κ1) is 9.40. The zero-order valence-corrected chi connectivity index (χ0v) is 9.54. The van der Waals surface area contributed by atoms with Crippen molar-refractivity contribution in [2.45, 2.75) is 19.2 Å². The van der Waals surface area contributed by atoms with Gasteiger partial charge in [0.05, 0.1) is 11.6 Å². The number of aromatic nitrogens is 2. The number of anilines is 1. The van der Waals surface area contributed by atoms with E-state index in [1.165, 1.54) is 6.42 Å². The van der Waals surface area contributed by atoms with Crippen LogP contribution in [0.5, 0.6) is 0 Å². The molecule has 3 rings (SSSR count). The van der Waals surface area contributed by atoms with E-state index in [-0.39, 0.29) is 0 Å². The van der Waals surface area contributed by atoms with Gasteiger partial charge in [-0.3, -0.25) is 0 Å². The molecule has 2 aliphatic rings. The van der Waals surface area contributed by atoms with Crippen LogP contribution in [0.3, 0.4) is 0 Å². The maximum atomic E-state index is 5.81. The maximum absolute atomic E-state index is 5.81.